The number of carbonyl (C=O) groups excluding carboxylic acids is 2. The van der Waals surface area contributed by atoms with Gasteiger partial charge in [-0.25, -0.2) is 4.98 Å². The first-order valence-electron chi connectivity index (χ1n) is 7.85. The van der Waals surface area contributed by atoms with Crippen LogP contribution in [0.15, 0.2) is 36.5 Å². The minimum absolute atomic E-state index is 0.0495. The lowest BCUT2D eigenvalue weighted by Gasteiger charge is -2.11. The van der Waals surface area contributed by atoms with E-state index in [9.17, 15) is 14.7 Å². The van der Waals surface area contributed by atoms with Crippen LogP contribution in [-0.2, 0) is 11.4 Å². The number of anilines is 2. The van der Waals surface area contributed by atoms with Crippen molar-refractivity contribution in [3.05, 3.63) is 53.2 Å². The van der Waals surface area contributed by atoms with Gasteiger partial charge in [-0.2, -0.15) is 0 Å². The van der Waals surface area contributed by atoms with Crippen LogP contribution in [0.4, 0.5) is 11.5 Å². The van der Waals surface area contributed by atoms with Crippen LogP contribution in [0.5, 0.6) is 0 Å². The van der Waals surface area contributed by atoms with Crippen molar-refractivity contribution in [1.82, 2.24) is 4.98 Å². The summed E-state index contributed by atoms with van der Waals surface area (Å²) in [5.41, 5.74) is 2.68. The fourth-order valence-electron chi connectivity index (χ4n) is 2.31. The Morgan fingerprint density at radius 1 is 1.21 bits per heavy atom. The zero-order chi connectivity index (χ0) is 17.1. The molecule has 6 heteroatoms. The minimum Gasteiger partial charge on any atom is -0.392 e. The molecule has 1 aliphatic rings. The lowest BCUT2D eigenvalue weighted by molar-refractivity contribution is -0.117. The van der Waals surface area contributed by atoms with Gasteiger partial charge in [0.2, 0.25) is 5.91 Å². The monoisotopic (exact) mass is 325 g/mol. The molecule has 0 aliphatic heterocycles. The maximum atomic E-state index is 12.4. The van der Waals surface area contributed by atoms with E-state index in [2.05, 4.69) is 15.6 Å². The molecule has 3 N–H and O–H groups in total. The van der Waals surface area contributed by atoms with Crippen LogP contribution in [-0.4, -0.2) is 21.9 Å². The second kappa shape index (κ2) is 6.80. The molecule has 2 aromatic rings. The Bertz CT molecular complexity index is 785. The van der Waals surface area contributed by atoms with Crippen molar-refractivity contribution < 1.29 is 14.7 Å². The van der Waals surface area contributed by atoms with Crippen LogP contribution in [0.25, 0.3) is 0 Å². The molecule has 6 nitrogen and oxygen atoms in total. The number of nitrogens with one attached hydrogen (secondary N) is 2. The van der Waals surface area contributed by atoms with E-state index in [-0.39, 0.29) is 24.3 Å². The SMILES string of the molecule is Cc1ccc(CO)cc1NC(=O)c1ccnc(NC(=O)C2CC2)c1. The number of aliphatic hydroxyl groups excluding tert-OH is 1. The summed E-state index contributed by atoms with van der Waals surface area (Å²) >= 11 is 0. The summed E-state index contributed by atoms with van der Waals surface area (Å²) in [4.78, 5) is 28.3. The highest BCUT2D eigenvalue weighted by atomic mass is 16.3. The topological polar surface area (TPSA) is 91.3 Å². The summed E-state index contributed by atoms with van der Waals surface area (Å²) in [6.45, 7) is 1.79. The van der Waals surface area contributed by atoms with Gasteiger partial charge in [0.15, 0.2) is 0 Å². The predicted molar refractivity (Wildman–Crippen MR) is 90.6 cm³/mol. The van der Waals surface area contributed by atoms with Crippen LogP contribution < -0.4 is 10.6 Å². The van der Waals surface area contributed by atoms with Gasteiger partial charge in [-0.3, -0.25) is 9.59 Å². The molecule has 1 aliphatic carbocycles. The van der Waals surface area contributed by atoms with Gasteiger partial charge in [0.25, 0.3) is 5.91 Å². The molecule has 0 atom stereocenters. The highest BCUT2D eigenvalue weighted by Gasteiger charge is 2.29. The summed E-state index contributed by atoms with van der Waals surface area (Å²) in [5.74, 6) is 0.109. The van der Waals surface area contributed by atoms with Crippen molar-refractivity contribution in [2.75, 3.05) is 10.6 Å². The van der Waals surface area contributed by atoms with E-state index in [0.29, 0.717) is 17.1 Å². The maximum absolute atomic E-state index is 12.4. The first-order chi connectivity index (χ1) is 11.6. The minimum atomic E-state index is -0.294. The largest absolute Gasteiger partial charge is 0.392 e. The number of aliphatic hydroxyl groups is 1. The van der Waals surface area contributed by atoms with Crippen molar-refractivity contribution in [3.63, 3.8) is 0 Å². The van der Waals surface area contributed by atoms with Crippen molar-refractivity contribution in [2.45, 2.75) is 26.4 Å². The summed E-state index contributed by atoms with van der Waals surface area (Å²) in [5, 5.41) is 14.8. The number of pyridine rings is 1. The Morgan fingerprint density at radius 2 is 2.00 bits per heavy atom. The van der Waals surface area contributed by atoms with Crippen LogP contribution >= 0.6 is 0 Å². The summed E-state index contributed by atoms with van der Waals surface area (Å²) in [6.07, 6.45) is 3.31. The molecule has 3 rings (SSSR count). The van der Waals surface area contributed by atoms with Crippen molar-refractivity contribution in [2.24, 2.45) is 5.92 Å². The smallest absolute Gasteiger partial charge is 0.255 e. The highest BCUT2D eigenvalue weighted by Crippen LogP contribution is 2.30. The number of aryl methyl sites for hydroxylation is 1. The van der Waals surface area contributed by atoms with Gasteiger partial charge in [-0.1, -0.05) is 12.1 Å². The van der Waals surface area contributed by atoms with Gasteiger partial charge in [-0.05, 0) is 49.1 Å². The molecule has 0 radical (unpaired) electrons. The third-order valence-electron chi connectivity index (χ3n) is 3.95. The lowest BCUT2D eigenvalue weighted by Crippen LogP contribution is -2.16. The Balaban J connectivity index is 1.74. The molecule has 1 heterocycles. The van der Waals surface area contributed by atoms with E-state index in [1.54, 1.807) is 18.2 Å². The molecule has 1 aromatic carbocycles. The number of amides is 2. The standard InChI is InChI=1S/C18H19N3O3/c1-11-2-3-12(10-22)8-15(11)20-18(24)14-6-7-19-16(9-14)21-17(23)13-4-5-13/h2-3,6-9,13,22H,4-5,10H2,1H3,(H,20,24)(H,19,21,23). The number of carbonyl (C=O) groups is 2. The summed E-state index contributed by atoms with van der Waals surface area (Å²) in [7, 11) is 0. The van der Waals surface area contributed by atoms with Crippen LogP contribution in [0.3, 0.4) is 0 Å². The van der Waals surface area contributed by atoms with E-state index in [1.807, 2.05) is 19.1 Å². The molecule has 1 aromatic heterocycles. The van der Waals surface area contributed by atoms with Gasteiger partial charge in [0.05, 0.1) is 6.61 Å². The van der Waals surface area contributed by atoms with Gasteiger partial charge in [-0.15, -0.1) is 0 Å². The first kappa shape index (κ1) is 16.1. The van der Waals surface area contributed by atoms with Gasteiger partial charge < -0.3 is 15.7 Å². The van der Waals surface area contributed by atoms with Crippen LogP contribution in [0.1, 0.15) is 34.3 Å². The quantitative estimate of drug-likeness (QED) is 0.787. The number of benzene rings is 1. The molecule has 0 bridgehead atoms. The molecule has 1 fully saturated rings. The molecule has 2 amide bonds. The second-order valence-corrected chi connectivity index (χ2v) is 5.95. The molecule has 0 saturated heterocycles. The molecule has 124 valence electrons. The van der Waals surface area contributed by atoms with E-state index in [4.69, 9.17) is 0 Å². The first-order valence-corrected chi connectivity index (χ1v) is 7.85. The third kappa shape index (κ3) is 3.78. The fraction of sp³-hybridized carbons (Fsp3) is 0.278. The van der Waals surface area contributed by atoms with E-state index >= 15 is 0 Å². The van der Waals surface area contributed by atoms with Gasteiger partial charge in [0, 0.05) is 23.4 Å². The van der Waals surface area contributed by atoms with E-state index < -0.39 is 0 Å². The molecule has 0 unspecified atom stereocenters. The number of nitrogens with zero attached hydrogens (tertiary/aromatic N) is 1. The second-order valence-electron chi connectivity index (χ2n) is 5.95. The maximum Gasteiger partial charge on any atom is 0.255 e. The average molecular weight is 325 g/mol. The molecule has 0 spiro atoms. The molecular weight excluding hydrogens is 306 g/mol. The van der Waals surface area contributed by atoms with Crippen molar-refractivity contribution in [3.8, 4) is 0 Å². The van der Waals surface area contributed by atoms with Crippen LogP contribution in [0.2, 0.25) is 0 Å². The summed E-state index contributed by atoms with van der Waals surface area (Å²) < 4.78 is 0. The zero-order valence-electron chi connectivity index (χ0n) is 13.4. The van der Waals surface area contributed by atoms with Crippen molar-refractivity contribution >= 4 is 23.3 Å². The Hall–Kier alpha value is -2.73. The van der Waals surface area contributed by atoms with Gasteiger partial charge in [0.1, 0.15) is 5.82 Å². The number of rotatable bonds is 5. The number of hydrogen-bond donors (Lipinski definition) is 3. The number of aromatic nitrogens is 1. The van der Waals surface area contributed by atoms with Crippen molar-refractivity contribution in [1.29, 1.82) is 0 Å². The third-order valence-corrected chi connectivity index (χ3v) is 3.95. The Labute approximate surface area is 139 Å². The normalized spacial score (nSPS) is 13.4. The van der Waals surface area contributed by atoms with Crippen LogP contribution in [0, 0.1) is 12.8 Å². The van der Waals surface area contributed by atoms with E-state index in [1.165, 1.54) is 6.20 Å². The Kier molecular flexibility index (Phi) is 4.57. The fourth-order valence-corrected chi connectivity index (χ4v) is 2.31. The van der Waals surface area contributed by atoms with E-state index in [0.717, 1.165) is 24.0 Å². The summed E-state index contributed by atoms with van der Waals surface area (Å²) in [6, 6.07) is 8.54. The zero-order valence-corrected chi connectivity index (χ0v) is 13.4. The molecule has 1 saturated carbocycles. The highest BCUT2D eigenvalue weighted by molar-refractivity contribution is 6.05. The Morgan fingerprint density at radius 3 is 2.71 bits per heavy atom. The predicted octanol–water partition coefficient (Wildman–Crippen LogP) is 2.48. The lowest BCUT2D eigenvalue weighted by atomic mass is 10.1. The number of hydrogen-bond acceptors (Lipinski definition) is 4. The molecule has 24 heavy (non-hydrogen) atoms. The van der Waals surface area contributed by atoms with Gasteiger partial charge >= 0.3 is 0 Å². The average Bonchev–Trinajstić information content (AvgIpc) is 3.42. The molecular formula is C18H19N3O3.